The van der Waals surface area contributed by atoms with Crippen LogP contribution in [0, 0.1) is 12.7 Å². The van der Waals surface area contributed by atoms with E-state index in [1.807, 2.05) is 13.0 Å². The van der Waals surface area contributed by atoms with E-state index in [9.17, 15) is 4.39 Å². The molecule has 1 aromatic carbocycles. The van der Waals surface area contributed by atoms with Crippen LogP contribution in [0.25, 0.3) is 11.4 Å². The minimum atomic E-state index is -0.282. The molecule has 1 fully saturated rings. The molecule has 0 N–H and O–H groups in total. The molecule has 0 aliphatic carbocycles. The maximum absolute atomic E-state index is 13.0. The Morgan fingerprint density at radius 1 is 0.962 bits per heavy atom. The van der Waals surface area contributed by atoms with E-state index in [4.69, 9.17) is 9.05 Å². The highest BCUT2D eigenvalue weighted by atomic mass is 19.1. The minimum absolute atomic E-state index is 0.282. The summed E-state index contributed by atoms with van der Waals surface area (Å²) in [5, 5.41) is 7.91. The van der Waals surface area contributed by atoms with Gasteiger partial charge in [-0.15, -0.1) is 0 Å². The van der Waals surface area contributed by atoms with Crippen LogP contribution >= 0.6 is 0 Å². The summed E-state index contributed by atoms with van der Waals surface area (Å²) in [5.41, 5.74) is 1.65. The molecular formula is C18H20FN5O2. The normalized spacial score (nSPS) is 16.2. The molecule has 0 amide bonds. The zero-order valence-electron chi connectivity index (χ0n) is 14.6. The van der Waals surface area contributed by atoms with Gasteiger partial charge in [0, 0.05) is 37.8 Å². The largest absolute Gasteiger partial charge is 0.360 e. The molecule has 0 unspecified atom stereocenters. The monoisotopic (exact) mass is 357 g/mol. The van der Waals surface area contributed by atoms with Crippen molar-refractivity contribution in [1.82, 2.24) is 25.1 Å². The first kappa shape index (κ1) is 16.9. The Kier molecular flexibility index (Phi) is 4.77. The van der Waals surface area contributed by atoms with Gasteiger partial charge in [0.15, 0.2) is 5.76 Å². The number of halogens is 1. The molecule has 8 heteroatoms. The number of rotatable bonds is 5. The smallest absolute Gasteiger partial charge is 0.241 e. The molecule has 1 aliphatic rings. The summed E-state index contributed by atoms with van der Waals surface area (Å²) >= 11 is 0. The quantitative estimate of drug-likeness (QED) is 0.695. The van der Waals surface area contributed by atoms with Crippen LogP contribution in [0.3, 0.4) is 0 Å². The summed E-state index contributed by atoms with van der Waals surface area (Å²) in [6, 6.07) is 8.05. The number of aromatic nitrogens is 3. The van der Waals surface area contributed by atoms with E-state index in [0.29, 0.717) is 18.3 Å². The summed E-state index contributed by atoms with van der Waals surface area (Å²) in [6.07, 6.45) is 0. The van der Waals surface area contributed by atoms with Gasteiger partial charge in [-0.05, 0) is 31.2 Å². The van der Waals surface area contributed by atoms with Gasteiger partial charge in [-0.1, -0.05) is 10.3 Å². The Morgan fingerprint density at radius 3 is 2.31 bits per heavy atom. The van der Waals surface area contributed by atoms with Gasteiger partial charge in [-0.3, -0.25) is 9.80 Å². The van der Waals surface area contributed by atoms with Crippen molar-refractivity contribution in [2.45, 2.75) is 20.0 Å². The van der Waals surface area contributed by atoms with Gasteiger partial charge in [0.05, 0.1) is 18.8 Å². The van der Waals surface area contributed by atoms with Crippen LogP contribution in [0.2, 0.25) is 0 Å². The Balaban J connectivity index is 1.30. The first-order valence-electron chi connectivity index (χ1n) is 8.61. The molecule has 4 rings (SSSR count). The fourth-order valence-corrected chi connectivity index (χ4v) is 3.04. The molecule has 2 aromatic heterocycles. The maximum atomic E-state index is 13.0. The highest BCUT2D eigenvalue weighted by molar-refractivity contribution is 5.53. The minimum Gasteiger partial charge on any atom is -0.360 e. The van der Waals surface area contributed by atoms with Crippen LogP contribution in [0.15, 0.2) is 39.4 Å². The Bertz CT molecular complexity index is 853. The number of aryl methyl sites for hydroxylation is 1. The van der Waals surface area contributed by atoms with Gasteiger partial charge in [0.25, 0.3) is 0 Å². The first-order valence-corrected chi connectivity index (χ1v) is 8.61. The first-order chi connectivity index (χ1) is 12.7. The highest BCUT2D eigenvalue weighted by Crippen LogP contribution is 2.17. The lowest BCUT2D eigenvalue weighted by Crippen LogP contribution is -2.45. The van der Waals surface area contributed by atoms with Crippen molar-refractivity contribution in [1.29, 1.82) is 0 Å². The summed E-state index contributed by atoms with van der Waals surface area (Å²) < 4.78 is 23.6. The second-order valence-electron chi connectivity index (χ2n) is 6.51. The average molecular weight is 357 g/mol. The van der Waals surface area contributed by atoms with E-state index in [1.165, 1.54) is 12.1 Å². The van der Waals surface area contributed by atoms with Gasteiger partial charge in [-0.2, -0.15) is 4.98 Å². The van der Waals surface area contributed by atoms with E-state index >= 15 is 0 Å². The van der Waals surface area contributed by atoms with Gasteiger partial charge < -0.3 is 9.05 Å². The molecule has 3 heterocycles. The van der Waals surface area contributed by atoms with Crippen molar-refractivity contribution in [2.24, 2.45) is 0 Å². The summed E-state index contributed by atoms with van der Waals surface area (Å²) in [5.74, 6) is 1.68. The molecule has 3 aromatic rings. The SMILES string of the molecule is Cc1cc(CN2CCN(Cc3nc(-c4ccc(F)cc4)no3)CC2)on1. The van der Waals surface area contributed by atoms with E-state index in [2.05, 4.69) is 25.1 Å². The second kappa shape index (κ2) is 7.35. The fourth-order valence-electron chi connectivity index (χ4n) is 3.04. The maximum Gasteiger partial charge on any atom is 0.241 e. The lowest BCUT2D eigenvalue weighted by Gasteiger charge is -2.33. The van der Waals surface area contributed by atoms with E-state index in [0.717, 1.165) is 49.7 Å². The van der Waals surface area contributed by atoms with Crippen LogP contribution in [0.4, 0.5) is 4.39 Å². The molecule has 0 radical (unpaired) electrons. The van der Waals surface area contributed by atoms with Crippen LogP contribution in [-0.4, -0.2) is 51.3 Å². The molecule has 26 heavy (non-hydrogen) atoms. The van der Waals surface area contributed by atoms with Crippen LogP contribution < -0.4 is 0 Å². The molecule has 1 saturated heterocycles. The van der Waals surface area contributed by atoms with Gasteiger partial charge in [0.1, 0.15) is 5.82 Å². The van der Waals surface area contributed by atoms with Gasteiger partial charge >= 0.3 is 0 Å². The molecule has 0 saturated carbocycles. The van der Waals surface area contributed by atoms with Crippen molar-refractivity contribution in [3.05, 3.63) is 53.5 Å². The predicted molar refractivity (Wildman–Crippen MR) is 91.5 cm³/mol. The third-order valence-corrected chi connectivity index (χ3v) is 4.45. The van der Waals surface area contributed by atoms with Crippen LogP contribution in [0.5, 0.6) is 0 Å². The van der Waals surface area contributed by atoms with E-state index in [1.54, 1.807) is 12.1 Å². The third-order valence-electron chi connectivity index (χ3n) is 4.45. The zero-order valence-corrected chi connectivity index (χ0v) is 14.6. The Morgan fingerprint density at radius 2 is 1.65 bits per heavy atom. The standard InChI is InChI=1S/C18H20FN5O2/c1-13-10-16(25-21-13)11-23-6-8-24(9-7-23)12-17-20-18(22-26-17)14-2-4-15(19)5-3-14/h2-5,10H,6-9,11-12H2,1H3. The van der Waals surface area contributed by atoms with E-state index < -0.39 is 0 Å². The van der Waals surface area contributed by atoms with Crippen molar-refractivity contribution >= 4 is 0 Å². The molecule has 0 bridgehead atoms. The summed E-state index contributed by atoms with van der Waals surface area (Å²) in [7, 11) is 0. The highest BCUT2D eigenvalue weighted by Gasteiger charge is 2.20. The third kappa shape index (κ3) is 3.97. The topological polar surface area (TPSA) is 71.4 Å². The van der Waals surface area contributed by atoms with Crippen molar-refractivity contribution in [2.75, 3.05) is 26.2 Å². The number of nitrogens with zero attached hydrogens (tertiary/aromatic N) is 5. The lowest BCUT2D eigenvalue weighted by molar-refractivity contribution is 0.105. The molecular weight excluding hydrogens is 337 g/mol. The van der Waals surface area contributed by atoms with Crippen molar-refractivity contribution < 1.29 is 13.4 Å². The van der Waals surface area contributed by atoms with Crippen LogP contribution in [-0.2, 0) is 13.1 Å². The molecule has 136 valence electrons. The number of benzene rings is 1. The summed E-state index contributed by atoms with van der Waals surface area (Å²) in [4.78, 5) is 9.04. The Labute approximate surface area is 150 Å². The van der Waals surface area contributed by atoms with Crippen molar-refractivity contribution in [3.8, 4) is 11.4 Å². The number of hydrogen-bond acceptors (Lipinski definition) is 7. The summed E-state index contributed by atoms with van der Waals surface area (Å²) in [6.45, 7) is 7.04. The van der Waals surface area contributed by atoms with Crippen molar-refractivity contribution in [3.63, 3.8) is 0 Å². The second-order valence-corrected chi connectivity index (χ2v) is 6.51. The average Bonchev–Trinajstić information content (AvgIpc) is 3.26. The van der Waals surface area contributed by atoms with Gasteiger partial charge in [-0.25, -0.2) is 4.39 Å². The molecule has 1 aliphatic heterocycles. The zero-order chi connectivity index (χ0) is 17.9. The molecule has 0 spiro atoms. The molecule has 0 atom stereocenters. The van der Waals surface area contributed by atoms with Gasteiger partial charge in [0.2, 0.25) is 11.7 Å². The lowest BCUT2D eigenvalue weighted by atomic mass is 10.2. The number of piperazine rings is 1. The van der Waals surface area contributed by atoms with E-state index in [-0.39, 0.29) is 5.82 Å². The fraction of sp³-hybridized carbons (Fsp3) is 0.389. The number of hydrogen-bond donors (Lipinski definition) is 0. The Hall–Kier alpha value is -2.58. The van der Waals surface area contributed by atoms with Crippen LogP contribution in [0.1, 0.15) is 17.3 Å². The predicted octanol–water partition coefficient (Wildman–Crippen LogP) is 2.49. The molecule has 7 nitrogen and oxygen atoms in total.